The standard InChI is InChI=1S/C17H18N4O4/c18-12-13-1-4-15(5-2-13)25-10-8-20-17-11-14(21(23)24)3-6-16(17)19-7-9-22/h1-6,11,19-20,22H,7-10H2. The maximum Gasteiger partial charge on any atom is 0.271 e. The molecule has 0 heterocycles. The molecule has 0 aliphatic rings. The Balaban J connectivity index is 1.94. The van der Waals surface area contributed by atoms with Crippen molar-refractivity contribution in [3.05, 3.63) is 58.1 Å². The van der Waals surface area contributed by atoms with Crippen LogP contribution in [0.25, 0.3) is 0 Å². The minimum Gasteiger partial charge on any atom is -0.492 e. The van der Waals surface area contributed by atoms with E-state index >= 15 is 0 Å². The lowest BCUT2D eigenvalue weighted by Gasteiger charge is -2.14. The predicted octanol–water partition coefficient (Wildman–Crippen LogP) is 2.36. The number of anilines is 2. The number of hydrogen-bond acceptors (Lipinski definition) is 7. The summed E-state index contributed by atoms with van der Waals surface area (Å²) >= 11 is 0. The fourth-order valence-corrected chi connectivity index (χ4v) is 2.12. The molecular weight excluding hydrogens is 324 g/mol. The van der Waals surface area contributed by atoms with E-state index in [1.165, 1.54) is 12.1 Å². The van der Waals surface area contributed by atoms with E-state index in [1.54, 1.807) is 30.3 Å². The molecule has 0 bridgehead atoms. The van der Waals surface area contributed by atoms with E-state index in [-0.39, 0.29) is 12.3 Å². The van der Waals surface area contributed by atoms with E-state index in [0.29, 0.717) is 42.4 Å². The van der Waals surface area contributed by atoms with Gasteiger partial charge < -0.3 is 20.5 Å². The monoisotopic (exact) mass is 342 g/mol. The number of ether oxygens (including phenoxy) is 1. The maximum atomic E-state index is 10.9. The number of aliphatic hydroxyl groups is 1. The first-order valence-corrected chi connectivity index (χ1v) is 7.64. The Morgan fingerprint density at radius 1 is 1.12 bits per heavy atom. The number of non-ortho nitro benzene ring substituents is 1. The van der Waals surface area contributed by atoms with Crippen molar-refractivity contribution in [2.24, 2.45) is 0 Å². The van der Waals surface area contributed by atoms with Crippen molar-refractivity contribution in [1.29, 1.82) is 5.26 Å². The second-order valence-electron chi connectivity index (χ2n) is 5.05. The average molecular weight is 342 g/mol. The van der Waals surface area contributed by atoms with Crippen LogP contribution in [0, 0.1) is 21.4 Å². The van der Waals surface area contributed by atoms with Gasteiger partial charge in [0.2, 0.25) is 0 Å². The van der Waals surface area contributed by atoms with E-state index in [2.05, 4.69) is 10.6 Å². The molecule has 0 spiro atoms. The van der Waals surface area contributed by atoms with Crippen molar-refractivity contribution >= 4 is 17.1 Å². The van der Waals surface area contributed by atoms with Gasteiger partial charge in [0.05, 0.1) is 34.5 Å². The second-order valence-corrected chi connectivity index (χ2v) is 5.05. The largest absolute Gasteiger partial charge is 0.492 e. The van der Waals surface area contributed by atoms with Crippen molar-refractivity contribution in [2.75, 3.05) is 36.9 Å². The molecule has 0 saturated heterocycles. The molecule has 0 atom stereocenters. The molecule has 130 valence electrons. The molecule has 0 radical (unpaired) electrons. The SMILES string of the molecule is N#Cc1ccc(OCCNc2cc([N+](=O)[O-])ccc2NCCO)cc1. The van der Waals surface area contributed by atoms with Gasteiger partial charge in [-0.25, -0.2) is 0 Å². The Kier molecular flexibility index (Phi) is 6.56. The van der Waals surface area contributed by atoms with Crippen LogP contribution >= 0.6 is 0 Å². The number of nitro benzene ring substituents is 1. The third kappa shape index (κ3) is 5.37. The molecule has 0 unspecified atom stereocenters. The summed E-state index contributed by atoms with van der Waals surface area (Å²) in [6.07, 6.45) is 0. The van der Waals surface area contributed by atoms with Crippen LogP contribution in [0.15, 0.2) is 42.5 Å². The van der Waals surface area contributed by atoms with Crippen LogP contribution in [0.3, 0.4) is 0 Å². The van der Waals surface area contributed by atoms with Crippen LogP contribution in [0.4, 0.5) is 17.1 Å². The zero-order valence-corrected chi connectivity index (χ0v) is 13.4. The van der Waals surface area contributed by atoms with Gasteiger partial charge in [0.15, 0.2) is 0 Å². The first kappa shape index (κ1) is 18.0. The van der Waals surface area contributed by atoms with E-state index in [4.69, 9.17) is 15.1 Å². The molecule has 2 aromatic rings. The molecule has 3 N–H and O–H groups in total. The number of nitro groups is 1. The summed E-state index contributed by atoms with van der Waals surface area (Å²) in [6.45, 7) is 1.06. The minimum atomic E-state index is -0.464. The lowest BCUT2D eigenvalue weighted by molar-refractivity contribution is -0.384. The summed E-state index contributed by atoms with van der Waals surface area (Å²) in [5.74, 6) is 0.637. The zero-order valence-electron chi connectivity index (χ0n) is 13.4. The van der Waals surface area contributed by atoms with Gasteiger partial charge in [-0.2, -0.15) is 5.26 Å². The number of nitrogens with zero attached hydrogens (tertiary/aromatic N) is 2. The van der Waals surface area contributed by atoms with Crippen molar-refractivity contribution < 1.29 is 14.8 Å². The number of nitrogens with one attached hydrogen (secondary N) is 2. The summed E-state index contributed by atoms with van der Waals surface area (Å²) in [4.78, 5) is 10.5. The third-order valence-electron chi connectivity index (χ3n) is 3.31. The molecule has 8 nitrogen and oxygen atoms in total. The number of nitriles is 1. The Hall–Kier alpha value is -3.31. The van der Waals surface area contributed by atoms with E-state index in [0.717, 1.165) is 0 Å². The molecule has 0 aliphatic heterocycles. The number of benzene rings is 2. The van der Waals surface area contributed by atoms with Gasteiger partial charge >= 0.3 is 0 Å². The Morgan fingerprint density at radius 3 is 2.48 bits per heavy atom. The molecule has 0 aliphatic carbocycles. The van der Waals surface area contributed by atoms with Gasteiger partial charge in [0, 0.05) is 25.2 Å². The lowest BCUT2D eigenvalue weighted by atomic mass is 10.2. The van der Waals surface area contributed by atoms with Crippen molar-refractivity contribution in [3.8, 4) is 11.8 Å². The topological polar surface area (TPSA) is 120 Å². The van der Waals surface area contributed by atoms with Crippen molar-refractivity contribution in [2.45, 2.75) is 0 Å². The fraction of sp³-hybridized carbons (Fsp3) is 0.235. The van der Waals surface area contributed by atoms with Gasteiger partial charge in [-0.15, -0.1) is 0 Å². The molecule has 2 aromatic carbocycles. The molecule has 2 rings (SSSR count). The molecule has 0 fully saturated rings. The summed E-state index contributed by atoms with van der Waals surface area (Å²) < 4.78 is 5.56. The summed E-state index contributed by atoms with van der Waals surface area (Å²) in [7, 11) is 0. The summed E-state index contributed by atoms with van der Waals surface area (Å²) in [6, 6.07) is 13.2. The van der Waals surface area contributed by atoms with Crippen molar-refractivity contribution in [1.82, 2.24) is 0 Å². The highest BCUT2D eigenvalue weighted by Crippen LogP contribution is 2.26. The lowest BCUT2D eigenvalue weighted by Crippen LogP contribution is -2.14. The number of aliphatic hydroxyl groups excluding tert-OH is 1. The highest BCUT2D eigenvalue weighted by molar-refractivity contribution is 5.72. The normalized spacial score (nSPS) is 9.92. The molecule has 0 amide bonds. The summed E-state index contributed by atoms with van der Waals surface area (Å²) in [5.41, 5.74) is 1.76. The van der Waals surface area contributed by atoms with Crippen LogP contribution in [-0.4, -0.2) is 36.3 Å². The molecule has 0 aromatic heterocycles. The first-order chi connectivity index (χ1) is 12.1. The Morgan fingerprint density at radius 2 is 1.84 bits per heavy atom. The maximum absolute atomic E-state index is 10.9. The number of hydrogen-bond donors (Lipinski definition) is 3. The van der Waals surface area contributed by atoms with Gasteiger partial charge in [-0.05, 0) is 30.3 Å². The van der Waals surface area contributed by atoms with Crippen LogP contribution in [0.1, 0.15) is 5.56 Å². The highest BCUT2D eigenvalue weighted by Gasteiger charge is 2.10. The minimum absolute atomic E-state index is 0.0231. The molecule has 8 heteroatoms. The first-order valence-electron chi connectivity index (χ1n) is 7.64. The molecule has 25 heavy (non-hydrogen) atoms. The third-order valence-corrected chi connectivity index (χ3v) is 3.31. The molecular formula is C17H18N4O4. The predicted molar refractivity (Wildman–Crippen MR) is 93.8 cm³/mol. The van der Waals surface area contributed by atoms with Gasteiger partial charge in [0.1, 0.15) is 12.4 Å². The second kappa shape index (κ2) is 9.10. The molecule has 0 saturated carbocycles. The Labute approximate surface area is 144 Å². The Bertz CT molecular complexity index is 756. The quantitative estimate of drug-likeness (QED) is 0.363. The number of rotatable bonds is 9. The van der Waals surface area contributed by atoms with Gasteiger partial charge in [0.25, 0.3) is 5.69 Å². The van der Waals surface area contributed by atoms with E-state index in [9.17, 15) is 10.1 Å². The van der Waals surface area contributed by atoms with Crippen LogP contribution < -0.4 is 15.4 Å². The van der Waals surface area contributed by atoms with Crippen molar-refractivity contribution in [3.63, 3.8) is 0 Å². The zero-order chi connectivity index (χ0) is 18.1. The van der Waals surface area contributed by atoms with Gasteiger partial charge in [-0.3, -0.25) is 10.1 Å². The average Bonchev–Trinajstić information content (AvgIpc) is 2.64. The van der Waals surface area contributed by atoms with Crippen LogP contribution in [-0.2, 0) is 0 Å². The highest BCUT2D eigenvalue weighted by atomic mass is 16.6. The van der Waals surface area contributed by atoms with Crippen LogP contribution in [0.2, 0.25) is 0 Å². The fourth-order valence-electron chi connectivity index (χ4n) is 2.12. The van der Waals surface area contributed by atoms with E-state index in [1.807, 2.05) is 6.07 Å². The smallest absolute Gasteiger partial charge is 0.271 e. The van der Waals surface area contributed by atoms with Crippen LogP contribution in [0.5, 0.6) is 5.75 Å². The van der Waals surface area contributed by atoms with Gasteiger partial charge in [-0.1, -0.05) is 0 Å². The summed E-state index contributed by atoms with van der Waals surface area (Å²) in [5, 5.41) is 34.6. The van der Waals surface area contributed by atoms with E-state index < -0.39 is 4.92 Å².